The third kappa shape index (κ3) is 4.83. The number of rotatable bonds is 7. The number of piperazine rings is 1. The van der Waals surface area contributed by atoms with Crippen LogP contribution in [0, 0.1) is 0 Å². The molecule has 1 aromatic heterocycles. The number of hydrogen-bond donors (Lipinski definition) is 0. The molecule has 198 valence electrons. The summed E-state index contributed by atoms with van der Waals surface area (Å²) in [5, 5.41) is 2.55. The van der Waals surface area contributed by atoms with Gasteiger partial charge in [0.05, 0.1) is 12.2 Å². The molecule has 0 radical (unpaired) electrons. The number of anilines is 2. The van der Waals surface area contributed by atoms with E-state index in [0.717, 1.165) is 75.9 Å². The molecule has 0 aliphatic carbocycles. The number of likely N-dealkylation sites (tertiary alicyclic amines) is 1. The van der Waals surface area contributed by atoms with Crippen LogP contribution in [0.2, 0.25) is 0 Å². The summed E-state index contributed by atoms with van der Waals surface area (Å²) in [6.07, 6.45) is 5.15. The minimum Gasteiger partial charge on any atom is -0.462 e. The van der Waals surface area contributed by atoms with Crippen LogP contribution in [0.25, 0.3) is 10.8 Å². The highest BCUT2D eigenvalue weighted by Crippen LogP contribution is 2.34. The lowest BCUT2D eigenvalue weighted by Gasteiger charge is -2.39. The van der Waals surface area contributed by atoms with Gasteiger partial charge in [0, 0.05) is 61.1 Å². The third-order valence-electron chi connectivity index (χ3n) is 8.43. The van der Waals surface area contributed by atoms with Crippen LogP contribution in [0.15, 0.2) is 67.4 Å². The number of aromatic nitrogens is 2. The molecular weight excluding hydrogens is 472 g/mol. The van der Waals surface area contributed by atoms with Crippen molar-refractivity contribution in [1.29, 1.82) is 0 Å². The zero-order valence-corrected chi connectivity index (χ0v) is 22.5. The number of benzene rings is 2. The van der Waals surface area contributed by atoms with Gasteiger partial charge in [-0.05, 0) is 50.4 Å². The average Bonchev–Trinajstić information content (AvgIpc) is 3.39. The summed E-state index contributed by atoms with van der Waals surface area (Å²) < 4.78 is 6.30. The summed E-state index contributed by atoms with van der Waals surface area (Å²) in [5.74, 6) is 1.05. The van der Waals surface area contributed by atoms with E-state index < -0.39 is 0 Å². The zero-order chi connectivity index (χ0) is 26.1. The molecule has 3 aliphatic rings. The maximum absolute atomic E-state index is 6.30. The Balaban J connectivity index is 1.30. The Hall–Kier alpha value is -3.58. The normalized spacial score (nSPS) is 20.0. The second-order valence-electron chi connectivity index (χ2n) is 10.7. The second kappa shape index (κ2) is 10.7. The Morgan fingerprint density at radius 3 is 2.61 bits per heavy atom. The van der Waals surface area contributed by atoms with Gasteiger partial charge in [0.1, 0.15) is 12.4 Å². The number of likely N-dealkylation sites (N-methyl/N-ethyl adjacent to an activating group) is 1. The molecule has 0 spiro atoms. The zero-order valence-electron chi connectivity index (χ0n) is 22.5. The Morgan fingerprint density at radius 1 is 1.00 bits per heavy atom. The molecular formula is C31H38N6O. The molecule has 0 amide bonds. The van der Waals surface area contributed by atoms with Crippen molar-refractivity contribution in [2.24, 2.45) is 0 Å². The molecule has 7 nitrogen and oxygen atoms in total. The van der Waals surface area contributed by atoms with E-state index in [2.05, 4.69) is 82.3 Å². The Morgan fingerprint density at radius 2 is 1.82 bits per heavy atom. The van der Waals surface area contributed by atoms with E-state index in [1.807, 2.05) is 6.08 Å². The van der Waals surface area contributed by atoms with E-state index in [-0.39, 0.29) is 0 Å². The number of allylic oxidation sites excluding steroid dienone is 1. The fourth-order valence-electron chi connectivity index (χ4n) is 6.10. The summed E-state index contributed by atoms with van der Waals surface area (Å²) in [5.41, 5.74) is 4.61. The largest absolute Gasteiger partial charge is 0.462 e. The van der Waals surface area contributed by atoms with E-state index in [0.29, 0.717) is 18.7 Å². The van der Waals surface area contributed by atoms with Gasteiger partial charge in [0.2, 0.25) is 0 Å². The lowest BCUT2D eigenvalue weighted by molar-refractivity contribution is 0.187. The standard InChI is InChI=1S/C31H38N6O/c1-4-23(2)35-17-19-36(20-18-35)30-27-14-16-37(29-13-7-10-24-9-5-6-12-26(24)29)21-28(27)32-31(33-30)38-22-25-11-8-15-34(25)3/h4-7,9-10,12-13,25H,1-2,8,11,14-22H2,3H3/t25-/m0/s1. The fraction of sp³-hybridized carbons (Fsp3) is 0.419. The SMILES string of the molecule is C=CC(=C)N1CCN(c2nc(OC[C@@H]3CCCN3C)nc3c2CCN(c2cccc4ccccc24)C3)CC1. The van der Waals surface area contributed by atoms with Crippen molar-refractivity contribution in [1.82, 2.24) is 19.8 Å². The van der Waals surface area contributed by atoms with Gasteiger partial charge in [-0.1, -0.05) is 49.6 Å². The minimum absolute atomic E-state index is 0.429. The van der Waals surface area contributed by atoms with Crippen molar-refractivity contribution in [3.8, 4) is 6.01 Å². The number of ether oxygens (including phenoxy) is 1. The average molecular weight is 511 g/mol. The first-order valence-corrected chi connectivity index (χ1v) is 13.9. The Bertz CT molecular complexity index is 1330. The highest BCUT2D eigenvalue weighted by molar-refractivity contribution is 5.94. The second-order valence-corrected chi connectivity index (χ2v) is 10.7. The molecule has 0 bridgehead atoms. The quantitative estimate of drug-likeness (QED) is 0.434. The van der Waals surface area contributed by atoms with Gasteiger partial charge < -0.3 is 24.3 Å². The smallest absolute Gasteiger partial charge is 0.318 e. The molecule has 6 rings (SSSR count). The van der Waals surface area contributed by atoms with Gasteiger partial charge in [-0.25, -0.2) is 0 Å². The predicted octanol–water partition coefficient (Wildman–Crippen LogP) is 4.49. The van der Waals surface area contributed by atoms with Crippen LogP contribution in [-0.2, 0) is 13.0 Å². The molecule has 7 heteroatoms. The fourth-order valence-corrected chi connectivity index (χ4v) is 6.10. The molecule has 2 saturated heterocycles. The highest BCUT2D eigenvalue weighted by atomic mass is 16.5. The van der Waals surface area contributed by atoms with E-state index in [4.69, 9.17) is 14.7 Å². The molecule has 1 atom stereocenters. The first kappa shape index (κ1) is 24.7. The number of fused-ring (bicyclic) bond motifs is 2. The van der Waals surface area contributed by atoms with Crippen LogP contribution >= 0.6 is 0 Å². The van der Waals surface area contributed by atoms with Crippen LogP contribution in [0.1, 0.15) is 24.1 Å². The van der Waals surface area contributed by atoms with E-state index in [1.165, 1.54) is 28.4 Å². The molecule has 38 heavy (non-hydrogen) atoms. The van der Waals surface area contributed by atoms with E-state index in [1.54, 1.807) is 0 Å². The summed E-state index contributed by atoms with van der Waals surface area (Å²) >= 11 is 0. The molecule has 3 aliphatic heterocycles. The Kier molecular flexibility index (Phi) is 6.94. The lowest BCUT2D eigenvalue weighted by Crippen LogP contribution is -2.46. The molecule has 0 N–H and O–H groups in total. The molecule has 2 fully saturated rings. The Labute approximate surface area is 226 Å². The monoisotopic (exact) mass is 510 g/mol. The molecule has 0 unspecified atom stereocenters. The van der Waals surface area contributed by atoms with Gasteiger partial charge in [0.25, 0.3) is 0 Å². The van der Waals surface area contributed by atoms with Crippen LogP contribution < -0.4 is 14.5 Å². The van der Waals surface area contributed by atoms with Crippen molar-refractivity contribution in [2.45, 2.75) is 31.8 Å². The minimum atomic E-state index is 0.429. The summed E-state index contributed by atoms with van der Waals surface area (Å²) in [7, 11) is 2.18. The number of nitrogens with zero attached hydrogens (tertiary/aromatic N) is 6. The summed E-state index contributed by atoms with van der Waals surface area (Å²) in [4.78, 5) is 19.6. The topological polar surface area (TPSA) is 48.0 Å². The van der Waals surface area contributed by atoms with Crippen molar-refractivity contribution in [2.75, 3.05) is 62.7 Å². The molecule has 0 saturated carbocycles. The van der Waals surface area contributed by atoms with Gasteiger partial charge >= 0.3 is 6.01 Å². The highest BCUT2D eigenvalue weighted by Gasteiger charge is 2.29. The first-order valence-electron chi connectivity index (χ1n) is 13.9. The maximum Gasteiger partial charge on any atom is 0.318 e. The van der Waals surface area contributed by atoms with Gasteiger partial charge in [-0.2, -0.15) is 9.97 Å². The van der Waals surface area contributed by atoms with Crippen molar-refractivity contribution in [3.05, 3.63) is 78.7 Å². The summed E-state index contributed by atoms with van der Waals surface area (Å²) in [6, 6.07) is 16.1. The number of hydrogen-bond acceptors (Lipinski definition) is 7. The van der Waals surface area contributed by atoms with Crippen LogP contribution in [0.3, 0.4) is 0 Å². The molecule has 4 heterocycles. The van der Waals surface area contributed by atoms with Gasteiger partial charge in [0.15, 0.2) is 0 Å². The van der Waals surface area contributed by atoms with E-state index in [9.17, 15) is 0 Å². The van der Waals surface area contributed by atoms with Crippen LogP contribution in [0.4, 0.5) is 11.5 Å². The molecule has 3 aromatic rings. The van der Waals surface area contributed by atoms with Crippen molar-refractivity contribution >= 4 is 22.3 Å². The van der Waals surface area contributed by atoms with Crippen molar-refractivity contribution < 1.29 is 4.74 Å². The van der Waals surface area contributed by atoms with E-state index >= 15 is 0 Å². The van der Waals surface area contributed by atoms with Crippen LogP contribution in [0.5, 0.6) is 6.01 Å². The predicted molar refractivity (Wildman–Crippen MR) is 155 cm³/mol. The summed E-state index contributed by atoms with van der Waals surface area (Å²) in [6.45, 7) is 15.1. The van der Waals surface area contributed by atoms with Gasteiger partial charge in [-0.3, -0.25) is 0 Å². The maximum atomic E-state index is 6.30. The third-order valence-corrected chi connectivity index (χ3v) is 8.43. The lowest BCUT2D eigenvalue weighted by atomic mass is 10.0. The first-order chi connectivity index (χ1) is 18.6. The van der Waals surface area contributed by atoms with Gasteiger partial charge in [-0.15, -0.1) is 0 Å². The van der Waals surface area contributed by atoms with Crippen molar-refractivity contribution in [3.63, 3.8) is 0 Å². The molecule has 2 aromatic carbocycles. The van der Waals surface area contributed by atoms with Crippen LogP contribution in [-0.4, -0.2) is 78.7 Å².